The van der Waals surface area contributed by atoms with Gasteiger partial charge >= 0.3 is 17.9 Å². The van der Waals surface area contributed by atoms with Crippen molar-refractivity contribution in [2.75, 3.05) is 13.2 Å². The molecule has 0 aliphatic heterocycles. The van der Waals surface area contributed by atoms with E-state index in [1.807, 2.05) is 0 Å². The summed E-state index contributed by atoms with van der Waals surface area (Å²) in [5.41, 5.74) is 0. The molecule has 6 heteroatoms. The van der Waals surface area contributed by atoms with Crippen LogP contribution < -0.4 is 0 Å². The monoisotopic (exact) mass is 737 g/mol. The number of carbonyl (C=O) groups is 3. The molecule has 0 unspecified atom stereocenters. The second kappa shape index (κ2) is 40.6. The molecule has 0 aliphatic carbocycles. The van der Waals surface area contributed by atoms with Crippen molar-refractivity contribution in [2.24, 2.45) is 5.92 Å². The van der Waals surface area contributed by atoms with Gasteiger partial charge in [0, 0.05) is 19.3 Å². The van der Waals surface area contributed by atoms with Crippen molar-refractivity contribution < 1.29 is 28.6 Å². The van der Waals surface area contributed by atoms with E-state index in [2.05, 4.69) is 27.7 Å². The van der Waals surface area contributed by atoms with Crippen LogP contribution in [0, 0.1) is 5.92 Å². The van der Waals surface area contributed by atoms with Gasteiger partial charge < -0.3 is 14.2 Å². The van der Waals surface area contributed by atoms with Gasteiger partial charge in [-0.1, -0.05) is 214 Å². The normalized spacial score (nSPS) is 11.9. The Balaban J connectivity index is 4.23. The molecule has 308 valence electrons. The van der Waals surface area contributed by atoms with E-state index in [1.54, 1.807) is 0 Å². The lowest BCUT2D eigenvalue weighted by molar-refractivity contribution is -0.167. The average molecular weight is 737 g/mol. The van der Waals surface area contributed by atoms with Gasteiger partial charge in [0.25, 0.3) is 0 Å². The molecule has 1 atom stereocenters. The number of ether oxygens (including phenoxy) is 3. The first-order chi connectivity index (χ1) is 25.4. The summed E-state index contributed by atoms with van der Waals surface area (Å²) in [5.74, 6) is -0.0332. The molecule has 0 bridgehead atoms. The van der Waals surface area contributed by atoms with Crippen LogP contribution in [0.3, 0.4) is 0 Å². The minimum absolute atomic E-state index is 0.0642. The molecule has 0 fully saturated rings. The summed E-state index contributed by atoms with van der Waals surface area (Å²) in [6.07, 6.45) is 39.5. The van der Waals surface area contributed by atoms with Crippen LogP contribution in [-0.4, -0.2) is 37.2 Å². The van der Waals surface area contributed by atoms with E-state index in [1.165, 1.54) is 148 Å². The fourth-order valence-electron chi connectivity index (χ4n) is 6.80. The van der Waals surface area contributed by atoms with Crippen LogP contribution in [0.25, 0.3) is 0 Å². The van der Waals surface area contributed by atoms with E-state index in [9.17, 15) is 14.4 Å². The second-order valence-electron chi connectivity index (χ2n) is 16.2. The molecule has 0 saturated heterocycles. The quantitative estimate of drug-likeness (QED) is 0.0353. The van der Waals surface area contributed by atoms with Crippen LogP contribution in [0.4, 0.5) is 0 Å². The molecule has 0 aromatic carbocycles. The minimum Gasteiger partial charge on any atom is -0.462 e. The van der Waals surface area contributed by atoms with Crippen molar-refractivity contribution in [3.8, 4) is 0 Å². The Morgan fingerprint density at radius 2 is 0.635 bits per heavy atom. The number of unbranched alkanes of at least 4 members (excludes halogenated alkanes) is 28. The molecule has 0 N–H and O–H groups in total. The van der Waals surface area contributed by atoms with Crippen LogP contribution in [0.15, 0.2) is 0 Å². The molecule has 0 aromatic heterocycles. The van der Waals surface area contributed by atoms with Gasteiger partial charge in [0.05, 0.1) is 0 Å². The Kier molecular flexibility index (Phi) is 39.4. The summed E-state index contributed by atoms with van der Waals surface area (Å²) in [6.45, 7) is 8.95. The average Bonchev–Trinajstić information content (AvgIpc) is 3.12. The Labute approximate surface area is 323 Å². The predicted molar refractivity (Wildman–Crippen MR) is 220 cm³/mol. The number of hydrogen-bond donors (Lipinski definition) is 0. The van der Waals surface area contributed by atoms with E-state index in [0.717, 1.165) is 63.7 Å². The molecule has 0 rings (SSSR count). The van der Waals surface area contributed by atoms with Gasteiger partial charge in [0.15, 0.2) is 6.10 Å². The topological polar surface area (TPSA) is 78.9 Å². The molecule has 0 amide bonds. The van der Waals surface area contributed by atoms with Crippen molar-refractivity contribution in [3.63, 3.8) is 0 Å². The minimum atomic E-state index is -0.758. The van der Waals surface area contributed by atoms with Crippen molar-refractivity contribution in [1.29, 1.82) is 0 Å². The summed E-state index contributed by atoms with van der Waals surface area (Å²) >= 11 is 0. The van der Waals surface area contributed by atoms with Crippen LogP contribution in [0.2, 0.25) is 0 Å². The zero-order chi connectivity index (χ0) is 38.2. The molecular formula is C46H88O6. The van der Waals surface area contributed by atoms with Crippen molar-refractivity contribution >= 4 is 17.9 Å². The number of hydrogen-bond acceptors (Lipinski definition) is 6. The molecule has 0 aromatic rings. The zero-order valence-corrected chi connectivity index (χ0v) is 35.3. The highest BCUT2D eigenvalue weighted by atomic mass is 16.6. The smallest absolute Gasteiger partial charge is 0.306 e. The maximum atomic E-state index is 12.6. The largest absolute Gasteiger partial charge is 0.462 e. The van der Waals surface area contributed by atoms with Crippen LogP contribution in [0.1, 0.15) is 252 Å². The maximum absolute atomic E-state index is 12.6. The third-order valence-electron chi connectivity index (χ3n) is 10.3. The van der Waals surface area contributed by atoms with Crippen LogP contribution in [-0.2, 0) is 28.6 Å². The first-order valence-corrected chi connectivity index (χ1v) is 22.9. The predicted octanol–water partition coefficient (Wildman–Crippen LogP) is 14.3. The van der Waals surface area contributed by atoms with E-state index in [4.69, 9.17) is 14.2 Å². The molecule has 0 aliphatic rings. The van der Waals surface area contributed by atoms with Gasteiger partial charge in [0.1, 0.15) is 13.2 Å². The third-order valence-corrected chi connectivity index (χ3v) is 10.3. The Morgan fingerprint density at radius 1 is 0.365 bits per heavy atom. The lowest BCUT2D eigenvalue weighted by atomic mass is 10.0. The van der Waals surface area contributed by atoms with Gasteiger partial charge in [-0.05, 0) is 25.2 Å². The fourth-order valence-corrected chi connectivity index (χ4v) is 6.80. The van der Waals surface area contributed by atoms with Gasteiger partial charge in [-0.25, -0.2) is 0 Å². The highest BCUT2D eigenvalue weighted by molar-refractivity contribution is 5.71. The Morgan fingerprint density at radius 3 is 0.942 bits per heavy atom. The number of rotatable bonds is 41. The lowest BCUT2D eigenvalue weighted by Gasteiger charge is -2.18. The Bertz CT molecular complexity index is 781. The highest BCUT2D eigenvalue weighted by Gasteiger charge is 2.19. The first kappa shape index (κ1) is 50.4. The summed E-state index contributed by atoms with van der Waals surface area (Å²) in [6, 6.07) is 0. The molecule has 0 spiro atoms. The summed E-state index contributed by atoms with van der Waals surface area (Å²) in [7, 11) is 0. The molecule has 52 heavy (non-hydrogen) atoms. The van der Waals surface area contributed by atoms with Gasteiger partial charge in [-0.2, -0.15) is 0 Å². The molecule has 6 nitrogen and oxygen atoms in total. The molecular weight excluding hydrogens is 649 g/mol. The molecule has 0 radical (unpaired) electrons. The lowest BCUT2D eigenvalue weighted by Crippen LogP contribution is -2.30. The Hall–Kier alpha value is -1.59. The van der Waals surface area contributed by atoms with Gasteiger partial charge in [-0.3, -0.25) is 14.4 Å². The van der Waals surface area contributed by atoms with Crippen LogP contribution >= 0.6 is 0 Å². The summed E-state index contributed by atoms with van der Waals surface area (Å²) < 4.78 is 16.7. The first-order valence-electron chi connectivity index (χ1n) is 22.9. The van der Waals surface area contributed by atoms with E-state index in [-0.39, 0.29) is 31.1 Å². The number of carbonyl (C=O) groups excluding carboxylic acids is 3. The fraction of sp³-hybridized carbons (Fsp3) is 0.935. The highest BCUT2D eigenvalue weighted by Crippen LogP contribution is 2.16. The van der Waals surface area contributed by atoms with Crippen molar-refractivity contribution in [1.82, 2.24) is 0 Å². The zero-order valence-electron chi connectivity index (χ0n) is 35.3. The van der Waals surface area contributed by atoms with Gasteiger partial charge in [-0.15, -0.1) is 0 Å². The summed E-state index contributed by atoms with van der Waals surface area (Å²) in [4.78, 5) is 37.6. The van der Waals surface area contributed by atoms with Crippen LogP contribution in [0.5, 0.6) is 0 Å². The summed E-state index contributed by atoms with van der Waals surface area (Å²) in [5, 5.41) is 0. The second-order valence-corrected chi connectivity index (χ2v) is 16.2. The molecule has 0 saturated carbocycles. The van der Waals surface area contributed by atoms with E-state index < -0.39 is 6.10 Å². The van der Waals surface area contributed by atoms with Crippen molar-refractivity contribution in [2.45, 2.75) is 259 Å². The maximum Gasteiger partial charge on any atom is 0.306 e. The third kappa shape index (κ3) is 39.6. The molecule has 0 heterocycles. The van der Waals surface area contributed by atoms with Gasteiger partial charge in [0.2, 0.25) is 0 Å². The standard InChI is InChI=1S/C46H88O6/c1-5-7-9-11-13-14-15-16-19-22-26-29-33-37-44(47)50-40-43(52-46(49)39-35-31-24-12-10-8-6-2)41-51-45(48)38-34-30-27-23-20-17-18-21-25-28-32-36-42(3)4/h42-43H,5-41H2,1-4H3/t43-/m0/s1. The number of esters is 3. The SMILES string of the molecule is CCCCCCCCCCCCCCCC(=O)OC[C@@H](COC(=O)CCCCCCCCCCCCCC(C)C)OC(=O)CCCCCCCCC. The van der Waals surface area contributed by atoms with E-state index >= 15 is 0 Å². The van der Waals surface area contributed by atoms with Crippen molar-refractivity contribution in [3.05, 3.63) is 0 Å². The van der Waals surface area contributed by atoms with E-state index in [0.29, 0.717) is 19.3 Å².